The minimum Gasteiger partial charge on any atom is -0.479 e. The normalized spacial score (nSPS) is 22.6. The lowest BCUT2D eigenvalue weighted by atomic mass is 9.98. The van der Waals surface area contributed by atoms with Crippen LogP contribution in [-0.2, 0) is 26.1 Å². The molecule has 8 heteroatoms. The number of aromatic nitrogens is 2. The number of methoxy groups -OCH3 is 1. The molecule has 1 aromatic heterocycles. The van der Waals surface area contributed by atoms with Crippen molar-refractivity contribution in [2.75, 3.05) is 26.9 Å². The molecule has 1 aliphatic heterocycles. The van der Waals surface area contributed by atoms with Crippen molar-refractivity contribution in [2.45, 2.75) is 19.1 Å². The lowest BCUT2D eigenvalue weighted by Crippen LogP contribution is -2.52. The average Bonchev–Trinajstić information content (AvgIpc) is 2.77. The van der Waals surface area contributed by atoms with E-state index in [0.29, 0.717) is 18.7 Å². The number of amides is 1. The number of carboxylic acid groups (broad SMARTS) is 1. The third-order valence-electron chi connectivity index (χ3n) is 3.70. The van der Waals surface area contributed by atoms with Crippen molar-refractivity contribution in [2.24, 2.45) is 7.05 Å². The third-order valence-corrected chi connectivity index (χ3v) is 3.70. The van der Waals surface area contributed by atoms with Gasteiger partial charge in [-0.25, -0.2) is 4.79 Å². The van der Waals surface area contributed by atoms with Crippen molar-refractivity contribution in [1.82, 2.24) is 14.7 Å². The van der Waals surface area contributed by atoms with Crippen LogP contribution in [0, 0.1) is 6.92 Å². The molecule has 1 fully saturated rings. The van der Waals surface area contributed by atoms with Crippen LogP contribution in [-0.4, -0.2) is 64.6 Å². The van der Waals surface area contributed by atoms with Crippen molar-refractivity contribution in [1.29, 1.82) is 0 Å². The molecule has 0 radical (unpaired) electrons. The van der Waals surface area contributed by atoms with Gasteiger partial charge in [-0.15, -0.1) is 0 Å². The molecule has 8 nitrogen and oxygen atoms in total. The molecule has 21 heavy (non-hydrogen) atoms. The monoisotopic (exact) mass is 297 g/mol. The van der Waals surface area contributed by atoms with Crippen molar-refractivity contribution in [3.05, 3.63) is 17.5 Å². The highest BCUT2D eigenvalue weighted by molar-refractivity contribution is 5.83. The van der Waals surface area contributed by atoms with Crippen molar-refractivity contribution < 1.29 is 24.2 Å². The molecule has 0 bridgehead atoms. The lowest BCUT2D eigenvalue weighted by molar-refractivity contribution is -0.173. The molecular weight excluding hydrogens is 278 g/mol. The number of carbonyl (C=O) groups excluding carboxylic acids is 1. The Morgan fingerprint density at radius 1 is 1.62 bits per heavy atom. The molecule has 1 amide bonds. The molecule has 0 aromatic carbocycles. The van der Waals surface area contributed by atoms with Crippen molar-refractivity contribution >= 4 is 11.9 Å². The van der Waals surface area contributed by atoms with Crippen LogP contribution < -0.4 is 0 Å². The number of rotatable bonds is 5. The lowest BCUT2D eigenvalue weighted by Gasteiger charge is -2.39. The van der Waals surface area contributed by atoms with Crippen LogP contribution in [0.25, 0.3) is 0 Å². The van der Waals surface area contributed by atoms with E-state index < -0.39 is 18.1 Å². The van der Waals surface area contributed by atoms with Gasteiger partial charge in [-0.2, -0.15) is 5.10 Å². The fourth-order valence-electron chi connectivity index (χ4n) is 2.45. The maximum absolute atomic E-state index is 12.1. The predicted molar refractivity (Wildman–Crippen MR) is 71.7 cm³/mol. The number of carbonyl (C=O) groups is 2. The minimum absolute atomic E-state index is 0.240. The number of aliphatic carboxylic acids is 1. The summed E-state index contributed by atoms with van der Waals surface area (Å²) in [5.74, 6) is -1.35. The van der Waals surface area contributed by atoms with Crippen LogP contribution in [0.15, 0.2) is 6.20 Å². The second-order valence-electron chi connectivity index (χ2n) is 4.90. The van der Waals surface area contributed by atoms with E-state index in [9.17, 15) is 14.7 Å². The van der Waals surface area contributed by atoms with E-state index in [0.717, 1.165) is 5.69 Å². The smallest absolute Gasteiger partial charge is 0.335 e. The number of hydrogen-bond donors (Lipinski definition) is 1. The summed E-state index contributed by atoms with van der Waals surface area (Å²) < 4.78 is 11.9. The fraction of sp³-hybridized carbons (Fsp3) is 0.615. The number of ether oxygens (including phenoxy) is 2. The Labute approximate surface area is 122 Å². The van der Waals surface area contributed by atoms with Gasteiger partial charge in [0, 0.05) is 32.0 Å². The Morgan fingerprint density at radius 3 is 2.86 bits per heavy atom. The average molecular weight is 297 g/mol. The first-order valence-electron chi connectivity index (χ1n) is 6.58. The van der Waals surface area contributed by atoms with Gasteiger partial charge < -0.3 is 19.5 Å². The topological polar surface area (TPSA) is 93.9 Å². The van der Waals surface area contributed by atoms with Gasteiger partial charge in [0.15, 0.2) is 6.10 Å². The largest absolute Gasteiger partial charge is 0.479 e. The van der Waals surface area contributed by atoms with E-state index in [-0.39, 0.29) is 12.5 Å². The Bertz CT molecular complexity index is 542. The number of morpholine rings is 1. The maximum Gasteiger partial charge on any atom is 0.335 e. The molecule has 0 aliphatic carbocycles. The number of nitrogens with zero attached hydrogens (tertiary/aromatic N) is 3. The van der Waals surface area contributed by atoms with Crippen LogP contribution in [0.3, 0.4) is 0 Å². The molecule has 2 rings (SSSR count). The van der Waals surface area contributed by atoms with E-state index in [2.05, 4.69) is 5.10 Å². The fourth-order valence-corrected chi connectivity index (χ4v) is 2.45. The van der Waals surface area contributed by atoms with Crippen LogP contribution in [0.2, 0.25) is 0 Å². The summed E-state index contributed by atoms with van der Waals surface area (Å²) >= 11 is 0. The summed E-state index contributed by atoms with van der Waals surface area (Å²) in [4.78, 5) is 25.1. The van der Waals surface area contributed by atoms with Gasteiger partial charge in [0.05, 0.1) is 18.8 Å². The Kier molecular flexibility index (Phi) is 4.59. The van der Waals surface area contributed by atoms with Crippen LogP contribution in [0.5, 0.6) is 0 Å². The van der Waals surface area contributed by atoms with Gasteiger partial charge in [0.1, 0.15) is 6.61 Å². The van der Waals surface area contributed by atoms with Crippen LogP contribution in [0.4, 0.5) is 0 Å². The van der Waals surface area contributed by atoms with Gasteiger partial charge in [0.2, 0.25) is 5.91 Å². The van der Waals surface area contributed by atoms with E-state index in [4.69, 9.17) is 9.47 Å². The number of hydrogen-bond acceptors (Lipinski definition) is 5. The number of carboxylic acids is 1. The molecule has 2 unspecified atom stereocenters. The van der Waals surface area contributed by atoms with Crippen LogP contribution >= 0.6 is 0 Å². The second kappa shape index (κ2) is 6.23. The predicted octanol–water partition coefficient (Wildman–Crippen LogP) is -0.272. The zero-order chi connectivity index (χ0) is 15.6. The van der Waals surface area contributed by atoms with E-state index >= 15 is 0 Å². The molecule has 2 atom stereocenters. The first kappa shape index (κ1) is 15.5. The highest BCUT2D eigenvalue weighted by Crippen LogP contribution is 2.32. The van der Waals surface area contributed by atoms with Gasteiger partial charge in [0.25, 0.3) is 0 Å². The van der Waals surface area contributed by atoms with Gasteiger partial charge in [-0.1, -0.05) is 0 Å². The summed E-state index contributed by atoms with van der Waals surface area (Å²) in [6.07, 6.45) is 0.472. The van der Waals surface area contributed by atoms with E-state index in [1.165, 1.54) is 12.0 Å². The summed E-state index contributed by atoms with van der Waals surface area (Å²) in [5, 5.41) is 13.5. The molecular formula is C13H19N3O5. The second-order valence-corrected chi connectivity index (χ2v) is 4.90. The standard InChI is InChI=1S/C13H19N3O5/c1-8-9(6-14-15(8)2)11-12(13(18)19)21-7-10(17)16(11)4-5-20-3/h6,11-12H,4-5,7H2,1-3H3,(H,18,19). The zero-order valence-corrected chi connectivity index (χ0v) is 12.3. The van der Waals surface area contributed by atoms with Crippen LogP contribution in [0.1, 0.15) is 17.3 Å². The molecule has 1 aliphatic rings. The first-order chi connectivity index (χ1) is 9.97. The highest BCUT2D eigenvalue weighted by Gasteiger charge is 2.43. The minimum atomic E-state index is -1.11. The summed E-state index contributed by atoms with van der Waals surface area (Å²) in [6, 6.07) is -0.701. The van der Waals surface area contributed by atoms with E-state index in [1.807, 2.05) is 6.92 Å². The molecule has 1 N–H and O–H groups in total. The van der Waals surface area contributed by atoms with Gasteiger partial charge >= 0.3 is 5.97 Å². The molecule has 2 heterocycles. The summed E-state index contributed by atoms with van der Waals surface area (Å²) in [7, 11) is 3.30. The molecule has 116 valence electrons. The van der Waals surface area contributed by atoms with Gasteiger partial charge in [-0.3, -0.25) is 9.48 Å². The SMILES string of the molecule is COCCN1C(=O)COC(C(=O)O)C1c1cnn(C)c1C. The molecule has 1 saturated heterocycles. The van der Waals surface area contributed by atoms with Crippen molar-refractivity contribution in [3.63, 3.8) is 0 Å². The van der Waals surface area contributed by atoms with E-state index in [1.54, 1.807) is 17.9 Å². The zero-order valence-electron chi connectivity index (χ0n) is 12.3. The maximum atomic E-state index is 12.1. The molecule has 1 aromatic rings. The quantitative estimate of drug-likeness (QED) is 0.804. The first-order valence-corrected chi connectivity index (χ1v) is 6.58. The molecule has 0 saturated carbocycles. The number of aryl methyl sites for hydroxylation is 1. The Balaban J connectivity index is 2.41. The Hall–Kier alpha value is -1.93. The van der Waals surface area contributed by atoms with Gasteiger partial charge in [-0.05, 0) is 6.92 Å². The van der Waals surface area contributed by atoms with Crippen molar-refractivity contribution in [3.8, 4) is 0 Å². The summed E-state index contributed by atoms with van der Waals surface area (Å²) in [6.45, 7) is 2.22. The molecule has 0 spiro atoms. The third kappa shape index (κ3) is 2.91. The Morgan fingerprint density at radius 2 is 2.33 bits per heavy atom. The summed E-state index contributed by atoms with van der Waals surface area (Å²) in [5.41, 5.74) is 1.47. The highest BCUT2D eigenvalue weighted by atomic mass is 16.5.